The molecule has 0 amide bonds. The van der Waals surface area contributed by atoms with Crippen molar-refractivity contribution < 1.29 is 18.3 Å². The predicted octanol–water partition coefficient (Wildman–Crippen LogP) is 0.992. The zero-order valence-electron chi connectivity index (χ0n) is 10.4. The molecule has 20 heavy (non-hydrogen) atoms. The van der Waals surface area contributed by atoms with Crippen LogP contribution in [0.5, 0.6) is 0 Å². The fraction of sp³-hybridized carbons (Fsp3) is 0.0714. The van der Waals surface area contributed by atoms with Gasteiger partial charge in [-0.2, -0.15) is 0 Å². The van der Waals surface area contributed by atoms with E-state index in [1.807, 2.05) is 0 Å². The van der Waals surface area contributed by atoms with Crippen LogP contribution in [-0.2, 0) is 15.8 Å². The van der Waals surface area contributed by atoms with Gasteiger partial charge in [0, 0.05) is 5.69 Å². The summed E-state index contributed by atoms with van der Waals surface area (Å²) in [5.74, 6) is -1.53. The molecule has 0 aliphatic carbocycles. The van der Waals surface area contributed by atoms with E-state index in [2.05, 4.69) is 4.72 Å². The summed E-state index contributed by atoms with van der Waals surface area (Å²) in [6.45, 7) is 0. The molecule has 0 heterocycles. The maximum absolute atomic E-state index is 12.0. The molecule has 0 radical (unpaired) electrons. The monoisotopic (exact) mass is 290 g/mol. The number of hydrogen-bond donors (Lipinski definition) is 1. The van der Waals surface area contributed by atoms with Gasteiger partial charge in [-0.15, -0.1) is 0 Å². The van der Waals surface area contributed by atoms with Crippen LogP contribution in [0.3, 0.4) is 0 Å². The lowest BCUT2D eigenvalue weighted by molar-refractivity contribution is -0.255. The van der Waals surface area contributed by atoms with Crippen molar-refractivity contribution in [3.8, 4) is 0 Å². The van der Waals surface area contributed by atoms with E-state index in [0.29, 0.717) is 5.56 Å². The standard InChI is InChI=1S/C14H13NO4S/c16-14(17)12-7-4-8-13(9-12)15-20(18,19)10-11-5-2-1-3-6-11/h1-9,15H,10H2,(H,16,17)/p-1. The fourth-order valence-electron chi connectivity index (χ4n) is 1.72. The molecule has 0 atom stereocenters. The third-order valence-electron chi connectivity index (χ3n) is 2.57. The maximum atomic E-state index is 12.0. The van der Waals surface area contributed by atoms with Crippen LogP contribution in [0.1, 0.15) is 15.9 Å². The molecule has 2 rings (SSSR count). The van der Waals surface area contributed by atoms with Crippen molar-refractivity contribution in [2.45, 2.75) is 5.75 Å². The SMILES string of the molecule is O=C([O-])c1cccc(NS(=O)(=O)Cc2ccccc2)c1. The summed E-state index contributed by atoms with van der Waals surface area (Å²) in [6.07, 6.45) is 0. The number of carboxylic acids is 1. The van der Waals surface area contributed by atoms with Crippen LogP contribution in [0.2, 0.25) is 0 Å². The van der Waals surface area contributed by atoms with E-state index < -0.39 is 16.0 Å². The predicted molar refractivity (Wildman–Crippen MR) is 73.5 cm³/mol. The highest BCUT2D eigenvalue weighted by atomic mass is 32.2. The van der Waals surface area contributed by atoms with Gasteiger partial charge < -0.3 is 9.90 Å². The molecular formula is C14H12NO4S-. The van der Waals surface area contributed by atoms with Crippen LogP contribution in [0.25, 0.3) is 0 Å². The van der Waals surface area contributed by atoms with E-state index in [0.717, 1.165) is 0 Å². The van der Waals surface area contributed by atoms with E-state index in [9.17, 15) is 18.3 Å². The number of carbonyl (C=O) groups is 1. The van der Waals surface area contributed by atoms with Crippen LogP contribution in [0.15, 0.2) is 54.6 Å². The molecule has 6 heteroatoms. The normalized spacial score (nSPS) is 11.0. The number of anilines is 1. The number of nitrogens with one attached hydrogen (secondary N) is 1. The first-order chi connectivity index (χ1) is 9.46. The number of carbonyl (C=O) groups excluding carboxylic acids is 1. The average Bonchev–Trinajstić information content (AvgIpc) is 2.39. The van der Waals surface area contributed by atoms with Crippen molar-refractivity contribution in [1.82, 2.24) is 0 Å². The van der Waals surface area contributed by atoms with Crippen molar-refractivity contribution in [3.63, 3.8) is 0 Å². The molecular weight excluding hydrogens is 278 g/mol. The summed E-state index contributed by atoms with van der Waals surface area (Å²) in [5, 5.41) is 10.7. The van der Waals surface area contributed by atoms with Gasteiger partial charge in [-0.25, -0.2) is 8.42 Å². The number of carboxylic acid groups (broad SMARTS) is 1. The Bertz CT molecular complexity index is 711. The van der Waals surface area contributed by atoms with Gasteiger partial charge in [-0.1, -0.05) is 42.5 Å². The number of benzene rings is 2. The number of hydrogen-bond acceptors (Lipinski definition) is 4. The summed E-state index contributed by atoms with van der Waals surface area (Å²) >= 11 is 0. The summed E-state index contributed by atoms with van der Waals surface area (Å²) in [5.41, 5.74) is 0.767. The zero-order valence-corrected chi connectivity index (χ0v) is 11.3. The molecule has 0 saturated carbocycles. The second-order valence-electron chi connectivity index (χ2n) is 4.22. The lowest BCUT2D eigenvalue weighted by Crippen LogP contribution is -2.22. The average molecular weight is 290 g/mol. The highest BCUT2D eigenvalue weighted by Crippen LogP contribution is 2.14. The Labute approximate surface area is 116 Å². The number of rotatable bonds is 5. The smallest absolute Gasteiger partial charge is 0.236 e. The first-order valence-electron chi connectivity index (χ1n) is 5.82. The van der Waals surface area contributed by atoms with Crippen molar-refractivity contribution >= 4 is 21.7 Å². The minimum Gasteiger partial charge on any atom is -0.545 e. The third-order valence-corrected chi connectivity index (χ3v) is 3.83. The lowest BCUT2D eigenvalue weighted by Gasteiger charge is -2.10. The quantitative estimate of drug-likeness (QED) is 0.889. The highest BCUT2D eigenvalue weighted by Gasteiger charge is 2.11. The second kappa shape index (κ2) is 5.75. The Hall–Kier alpha value is -2.34. The molecule has 0 bridgehead atoms. The van der Waals surface area contributed by atoms with Crippen molar-refractivity contribution in [2.75, 3.05) is 4.72 Å². The van der Waals surface area contributed by atoms with E-state index in [1.54, 1.807) is 30.3 Å². The van der Waals surface area contributed by atoms with Gasteiger partial charge in [-0.3, -0.25) is 4.72 Å². The molecule has 0 aromatic heterocycles. The molecule has 0 aliphatic rings. The molecule has 0 unspecified atom stereocenters. The van der Waals surface area contributed by atoms with Crippen LogP contribution >= 0.6 is 0 Å². The third kappa shape index (κ3) is 3.83. The minimum absolute atomic E-state index is 0.0788. The van der Waals surface area contributed by atoms with E-state index >= 15 is 0 Å². The molecule has 0 fully saturated rings. The van der Waals surface area contributed by atoms with Crippen LogP contribution in [0.4, 0.5) is 5.69 Å². The molecule has 0 aliphatic heterocycles. The van der Waals surface area contributed by atoms with E-state index in [-0.39, 0.29) is 17.0 Å². The zero-order chi connectivity index (χ0) is 14.6. The van der Waals surface area contributed by atoms with Crippen molar-refractivity contribution in [3.05, 3.63) is 65.7 Å². The molecule has 1 N–H and O–H groups in total. The van der Waals surface area contributed by atoms with Crippen LogP contribution < -0.4 is 9.83 Å². The molecule has 2 aromatic carbocycles. The molecule has 2 aromatic rings. The highest BCUT2D eigenvalue weighted by molar-refractivity contribution is 7.91. The largest absolute Gasteiger partial charge is 0.545 e. The molecule has 104 valence electrons. The Morgan fingerprint density at radius 2 is 1.75 bits per heavy atom. The first kappa shape index (κ1) is 14.1. The maximum Gasteiger partial charge on any atom is 0.236 e. The summed E-state index contributed by atoms with van der Waals surface area (Å²) in [4.78, 5) is 10.7. The molecule has 0 saturated heterocycles. The van der Waals surface area contributed by atoms with Crippen molar-refractivity contribution in [2.24, 2.45) is 0 Å². The molecule has 5 nitrogen and oxygen atoms in total. The van der Waals surface area contributed by atoms with Gasteiger partial charge in [0.25, 0.3) is 0 Å². The van der Waals surface area contributed by atoms with Crippen molar-refractivity contribution in [1.29, 1.82) is 0 Å². The topological polar surface area (TPSA) is 86.3 Å². The van der Waals surface area contributed by atoms with Crippen LogP contribution in [0, 0.1) is 0 Å². The summed E-state index contributed by atoms with van der Waals surface area (Å²) in [7, 11) is -3.59. The number of aromatic carboxylic acids is 1. The van der Waals surface area contributed by atoms with Gasteiger partial charge >= 0.3 is 0 Å². The van der Waals surface area contributed by atoms with Gasteiger partial charge in [0.05, 0.1) is 11.7 Å². The lowest BCUT2D eigenvalue weighted by atomic mass is 10.2. The Morgan fingerprint density at radius 1 is 1.05 bits per heavy atom. The van der Waals surface area contributed by atoms with Gasteiger partial charge in [0.15, 0.2) is 0 Å². The Morgan fingerprint density at radius 3 is 2.40 bits per heavy atom. The second-order valence-corrected chi connectivity index (χ2v) is 5.94. The van der Waals surface area contributed by atoms with E-state index in [1.165, 1.54) is 24.3 Å². The summed E-state index contributed by atoms with van der Waals surface area (Å²) < 4.78 is 26.3. The Balaban J connectivity index is 2.16. The Kier molecular flexibility index (Phi) is 4.05. The van der Waals surface area contributed by atoms with Gasteiger partial charge in [-0.05, 0) is 23.3 Å². The summed E-state index contributed by atoms with van der Waals surface area (Å²) in [6, 6.07) is 14.2. The molecule has 0 spiro atoms. The van der Waals surface area contributed by atoms with Crippen LogP contribution in [-0.4, -0.2) is 14.4 Å². The fourth-order valence-corrected chi connectivity index (χ4v) is 2.91. The first-order valence-corrected chi connectivity index (χ1v) is 7.47. The van der Waals surface area contributed by atoms with E-state index in [4.69, 9.17) is 0 Å². The number of sulfonamides is 1. The van der Waals surface area contributed by atoms with Gasteiger partial charge in [0.2, 0.25) is 10.0 Å². The van der Waals surface area contributed by atoms with Gasteiger partial charge in [0.1, 0.15) is 0 Å². The minimum atomic E-state index is -3.59.